The Kier molecular flexibility index (Phi) is 7.28. The molecule has 0 N–H and O–H groups in total. The number of hydrogen-bond acceptors (Lipinski definition) is 3. The molecule has 0 saturated heterocycles. The summed E-state index contributed by atoms with van der Waals surface area (Å²) in [6.07, 6.45) is 0. The van der Waals surface area contributed by atoms with E-state index in [4.69, 9.17) is 49.0 Å². The standard InChI is InChI=1S/3C7H6ClO.Sb/c3*1-9-7-4-2-6(8)3-5-7;/h3*2-4H,1H3;. The molecule has 0 aliphatic rings. The van der Waals surface area contributed by atoms with Gasteiger partial charge in [0.15, 0.2) is 0 Å². The fraction of sp³-hybridized carbons (Fsp3) is 0.143. The van der Waals surface area contributed by atoms with E-state index in [0.29, 0.717) is 15.1 Å². The van der Waals surface area contributed by atoms with E-state index in [2.05, 4.69) is 0 Å². The zero-order chi connectivity index (χ0) is 20.3. The van der Waals surface area contributed by atoms with Crippen molar-refractivity contribution in [2.24, 2.45) is 0 Å². The number of rotatable bonds is 6. The van der Waals surface area contributed by atoms with E-state index in [0.717, 1.165) is 27.8 Å². The summed E-state index contributed by atoms with van der Waals surface area (Å²) in [5.41, 5.74) is 0. The second-order valence-electron chi connectivity index (χ2n) is 5.78. The zero-order valence-corrected chi connectivity index (χ0v) is 20.3. The minimum absolute atomic E-state index is 0.632. The number of halogens is 3. The Labute approximate surface area is 187 Å². The van der Waals surface area contributed by atoms with Gasteiger partial charge < -0.3 is 0 Å². The van der Waals surface area contributed by atoms with Gasteiger partial charge in [0.25, 0.3) is 0 Å². The summed E-state index contributed by atoms with van der Waals surface area (Å²) in [5.74, 6) is 2.28. The summed E-state index contributed by atoms with van der Waals surface area (Å²) < 4.78 is 20.1. The molecule has 0 aliphatic carbocycles. The van der Waals surface area contributed by atoms with Crippen LogP contribution in [0.3, 0.4) is 0 Å². The third kappa shape index (κ3) is 4.49. The monoisotopic (exact) mass is 544 g/mol. The van der Waals surface area contributed by atoms with Crippen LogP contribution in [-0.2, 0) is 0 Å². The molecule has 28 heavy (non-hydrogen) atoms. The van der Waals surface area contributed by atoms with Gasteiger partial charge in [-0.1, -0.05) is 0 Å². The Morgan fingerprint density at radius 3 is 1.07 bits per heavy atom. The maximum atomic E-state index is 6.36. The van der Waals surface area contributed by atoms with Crippen LogP contribution in [0.15, 0.2) is 54.6 Å². The normalized spacial score (nSPS) is 10.8. The van der Waals surface area contributed by atoms with Crippen molar-refractivity contribution < 1.29 is 14.2 Å². The van der Waals surface area contributed by atoms with Crippen LogP contribution < -0.4 is 24.7 Å². The van der Waals surface area contributed by atoms with Gasteiger partial charge in [-0.25, -0.2) is 0 Å². The maximum absolute atomic E-state index is 6.36. The van der Waals surface area contributed by atoms with E-state index < -0.39 is 20.2 Å². The Balaban J connectivity index is 2.38. The SMILES string of the molecule is COc1ccc(Cl)c[c]1[Sb]([c]1cc(Cl)ccc1OC)[c]1cc(Cl)ccc1OC. The molecule has 0 atom stereocenters. The number of hydrogen-bond donors (Lipinski definition) is 0. The first-order chi connectivity index (χ1) is 13.5. The molecular weight excluding hydrogens is 528 g/mol. The van der Waals surface area contributed by atoms with E-state index >= 15 is 0 Å². The predicted molar refractivity (Wildman–Crippen MR) is 119 cm³/mol. The molecule has 3 nitrogen and oxygen atoms in total. The van der Waals surface area contributed by atoms with Crippen molar-refractivity contribution in [1.82, 2.24) is 0 Å². The summed E-state index contributed by atoms with van der Waals surface area (Å²) in [6.45, 7) is 0. The van der Waals surface area contributed by atoms with Crippen LogP contribution in [0.5, 0.6) is 17.2 Å². The van der Waals surface area contributed by atoms with Crippen LogP contribution in [0.2, 0.25) is 15.1 Å². The molecule has 0 aliphatic heterocycles. The first kappa shape index (κ1) is 21.5. The predicted octanol–water partition coefficient (Wildman–Crippen LogP) is 4.19. The van der Waals surface area contributed by atoms with Crippen LogP contribution in [0.1, 0.15) is 0 Å². The van der Waals surface area contributed by atoms with Gasteiger partial charge in [0.2, 0.25) is 0 Å². The molecule has 3 aromatic carbocycles. The molecule has 7 heteroatoms. The van der Waals surface area contributed by atoms with Crippen LogP contribution in [-0.4, -0.2) is 41.5 Å². The molecule has 0 saturated carbocycles. The molecule has 0 radical (unpaired) electrons. The van der Waals surface area contributed by atoms with Gasteiger partial charge in [-0.2, -0.15) is 0 Å². The first-order valence-corrected chi connectivity index (χ1v) is 13.3. The van der Waals surface area contributed by atoms with Gasteiger partial charge in [0.05, 0.1) is 0 Å². The van der Waals surface area contributed by atoms with Gasteiger partial charge in [-0.3, -0.25) is 0 Å². The van der Waals surface area contributed by atoms with Gasteiger partial charge in [-0.05, 0) is 0 Å². The summed E-state index contributed by atoms with van der Waals surface area (Å²) >= 11 is 16.3. The molecule has 0 bridgehead atoms. The van der Waals surface area contributed by atoms with Crippen molar-refractivity contribution >= 4 is 65.5 Å². The average Bonchev–Trinajstić information content (AvgIpc) is 2.69. The van der Waals surface area contributed by atoms with Crippen molar-refractivity contribution in [2.45, 2.75) is 0 Å². The van der Waals surface area contributed by atoms with Gasteiger partial charge in [0.1, 0.15) is 0 Å². The van der Waals surface area contributed by atoms with Crippen LogP contribution in [0.25, 0.3) is 0 Å². The summed E-state index contributed by atoms with van der Waals surface area (Å²) in [5, 5.41) is 1.90. The average molecular weight is 546 g/mol. The van der Waals surface area contributed by atoms with Crippen molar-refractivity contribution in [1.29, 1.82) is 0 Å². The quantitative estimate of drug-likeness (QED) is 0.435. The molecule has 3 aromatic rings. The first-order valence-electron chi connectivity index (χ1n) is 8.29. The summed E-state index contributed by atoms with van der Waals surface area (Å²) in [7, 11) is 4.95. The Hall–Kier alpha value is -1.25. The molecule has 3 rings (SSSR count). The van der Waals surface area contributed by atoms with E-state index in [1.54, 1.807) is 21.3 Å². The molecule has 146 valence electrons. The van der Waals surface area contributed by atoms with E-state index in [-0.39, 0.29) is 0 Å². The molecule has 0 amide bonds. The second-order valence-corrected chi connectivity index (χ2v) is 13.1. The molecular formula is C21H18Cl3O3Sb. The topological polar surface area (TPSA) is 27.7 Å². The Morgan fingerprint density at radius 1 is 0.536 bits per heavy atom. The van der Waals surface area contributed by atoms with Gasteiger partial charge in [-0.15, -0.1) is 0 Å². The third-order valence-electron chi connectivity index (χ3n) is 4.15. The minimum atomic E-state index is -2.79. The zero-order valence-electron chi connectivity index (χ0n) is 15.5. The van der Waals surface area contributed by atoms with Gasteiger partial charge in [0, 0.05) is 0 Å². The number of ether oxygens (including phenoxy) is 3. The summed E-state index contributed by atoms with van der Waals surface area (Å²) in [4.78, 5) is 0. The van der Waals surface area contributed by atoms with Crippen molar-refractivity contribution in [2.75, 3.05) is 21.3 Å². The molecule has 0 fully saturated rings. The molecule has 0 spiro atoms. The third-order valence-corrected chi connectivity index (χ3v) is 12.0. The van der Waals surface area contributed by atoms with E-state index in [1.165, 1.54) is 0 Å². The summed E-state index contributed by atoms with van der Waals surface area (Å²) in [6, 6.07) is 16.9. The molecule has 0 unspecified atom stereocenters. The molecule has 0 aromatic heterocycles. The van der Waals surface area contributed by atoms with Crippen LogP contribution in [0.4, 0.5) is 0 Å². The van der Waals surface area contributed by atoms with E-state index in [1.807, 2.05) is 54.6 Å². The van der Waals surface area contributed by atoms with Crippen molar-refractivity contribution in [3.8, 4) is 17.2 Å². The number of benzene rings is 3. The van der Waals surface area contributed by atoms with Crippen LogP contribution >= 0.6 is 34.8 Å². The Bertz CT molecular complexity index is 867. The fourth-order valence-electron chi connectivity index (χ4n) is 2.90. The second kappa shape index (κ2) is 9.50. The Morgan fingerprint density at radius 2 is 0.821 bits per heavy atom. The van der Waals surface area contributed by atoms with Gasteiger partial charge >= 0.3 is 188 Å². The van der Waals surface area contributed by atoms with Crippen LogP contribution in [0, 0.1) is 0 Å². The molecule has 0 heterocycles. The van der Waals surface area contributed by atoms with Crippen molar-refractivity contribution in [3.05, 3.63) is 69.7 Å². The van der Waals surface area contributed by atoms with E-state index in [9.17, 15) is 0 Å². The fourth-order valence-corrected chi connectivity index (χ4v) is 11.9. The number of methoxy groups -OCH3 is 3. The van der Waals surface area contributed by atoms with Crippen molar-refractivity contribution in [3.63, 3.8) is 0 Å².